The SMILES string of the molecule is Brc1c2ccc(-c3cccc(-c4ccc5ccccc5c4)c3)cc2c(Br)c2ccc(-c3cccc(-c4ccc5ccccc5c4)c3)cc12. The Hall–Kier alpha value is -5.02. The molecule has 0 aliphatic rings. The van der Waals surface area contributed by atoms with Crippen molar-refractivity contribution in [3.8, 4) is 44.5 Å². The molecule has 9 aromatic carbocycles. The Bertz CT molecular complexity index is 2510. The van der Waals surface area contributed by atoms with Crippen LogP contribution in [0.5, 0.6) is 0 Å². The van der Waals surface area contributed by atoms with Crippen LogP contribution in [-0.2, 0) is 0 Å². The zero-order valence-electron chi connectivity index (χ0n) is 25.9. The molecule has 0 radical (unpaired) electrons. The van der Waals surface area contributed by atoms with Crippen LogP contribution < -0.4 is 0 Å². The van der Waals surface area contributed by atoms with Crippen LogP contribution in [0.4, 0.5) is 0 Å². The largest absolute Gasteiger partial charge is 0.0616 e. The summed E-state index contributed by atoms with van der Waals surface area (Å²) in [4.78, 5) is 0. The van der Waals surface area contributed by atoms with E-state index < -0.39 is 0 Å². The molecule has 9 rings (SSSR count). The molecule has 48 heavy (non-hydrogen) atoms. The van der Waals surface area contributed by atoms with Crippen LogP contribution in [0.3, 0.4) is 0 Å². The number of rotatable bonds is 4. The lowest BCUT2D eigenvalue weighted by atomic mass is 9.94. The van der Waals surface area contributed by atoms with Gasteiger partial charge in [-0.3, -0.25) is 0 Å². The van der Waals surface area contributed by atoms with Crippen molar-refractivity contribution in [2.24, 2.45) is 0 Å². The second-order valence-corrected chi connectivity index (χ2v) is 14.0. The molecule has 9 aromatic rings. The summed E-state index contributed by atoms with van der Waals surface area (Å²) < 4.78 is 2.22. The van der Waals surface area contributed by atoms with E-state index in [1.54, 1.807) is 0 Å². The van der Waals surface area contributed by atoms with Gasteiger partial charge in [-0.05, 0) is 156 Å². The van der Waals surface area contributed by atoms with Crippen molar-refractivity contribution in [1.29, 1.82) is 0 Å². The van der Waals surface area contributed by atoms with E-state index in [2.05, 4.69) is 202 Å². The summed E-state index contributed by atoms with van der Waals surface area (Å²) in [5, 5.41) is 9.78. The standard InChI is InChI=1S/C46H28Br2/c47-45-42-22-20-40(36-14-6-12-34(26-36)38-18-16-30-8-2-4-10-32(30)24-38)28-44(42)46(48)41-21-19-39(27-43(41)45)35-13-5-11-33(25-35)37-17-15-29-7-1-3-9-31(29)23-37/h1-28H. The molecule has 0 aliphatic heterocycles. The smallest absolute Gasteiger partial charge is 0.0333 e. The number of halogens is 2. The molecule has 226 valence electrons. The van der Waals surface area contributed by atoms with Gasteiger partial charge in [-0.1, -0.05) is 133 Å². The van der Waals surface area contributed by atoms with E-state index in [0.717, 1.165) is 8.95 Å². The average molecular weight is 741 g/mol. The van der Waals surface area contributed by atoms with E-state index in [-0.39, 0.29) is 0 Å². The van der Waals surface area contributed by atoms with E-state index >= 15 is 0 Å². The van der Waals surface area contributed by atoms with Crippen LogP contribution in [0.1, 0.15) is 0 Å². The van der Waals surface area contributed by atoms with Gasteiger partial charge < -0.3 is 0 Å². The maximum absolute atomic E-state index is 4.02. The third-order valence-electron chi connectivity index (χ3n) is 9.54. The first-order valence-electron chi connectivity index (χ1n) is 16.1. The van der Waals surface area contributed by atoms with Gasteiger partial charge in [0.25, 0.3) is 0 Å². The Kier molecular flexibility index (Phi) is 7.22. The Balaban J connectivity index is 1.09. The van der Waals surface area contributed by atoms with E-state index in [4.69, 9.17) is 0 Å². The molecule has 0 N–H and O–H groups in total. The summed E-state index contributed by atoms with van der Waals surface area (Å²) in [5.41, 5.74) is 9.68. The van der Waals surface area contributed by atoms with Crippen molar-refractivity contribution < 1.29 is 0 Å². The quantitative estimate of drug-likeness (QED) is 0.158. The fourth-order valence-electron chi connectivity index (χ4n) is 6.98. The molecule has 0 bridgehead atoms. The van der Waals surface area contributed by atoms with E-state index in [1.807, 2.05) is 0 Å². The van der Waals surface area contributed by atoms with E-state index in [1.165, 1.54) is 87.6 Å². The van der Waals surface area contributed by atoms with Crippen LogP contribution >= 0.6 is 31.9 Å². The summed E-state index contributed by atoms with van der Waals surface area (Å²) in [6.45, 7) is 0. The van der Waals surface area contributed by atoms with Crippen molar-refractivity contribution in [2.75, 3.05) is 0 Å². The summed E-state index contributed by atoms with van der Waals surface area (Å²) >= 11 is 8.04. The maximum Gasteiger partial charge on any atom is 0.0333 e. The van der Waals surface area contributed by atoms with Gasteiger partial charge in [-0.15, -0.1) is 0 Å². The van der Waals surface area contributed by atoms with Crippen molar-refractivity contribution in [1.82, 2.24) is 0 Å². The minimum atomic E-state index is 1.11. The van der Waals surface area contributed by atoms with Crippen LogP contribution in [0.25, 0.3) is 87.6 Å². The van der Waals surface area contributed by atoms with Gasteiger partial charge in [-0.25, -0.2) is 0 Å². The number of hydrogen-bond donors (Lipinski definition) is 0. The highest BCUT2D eigenvalue weighted by Gasteiger charge is 2.14. The first-order chi connectivity index (χ1) is 23.6. The number of hydrogen-bond acceptors (Lipinski definition) is 0. The molecule has 2 heteroatoms. The predicted molar refractivity (Wildman–Crippen MR) is 214 cm³/mol. The average Bonchev–Trinajstić information content (AvgIpc) is 3.16. The topological polar surface area (TPSA) is 0 Å². The Labute approximate surface area is 296 Å². The molecule has 0 aliphatic carbocycles. The second kappa shape index (κ2) is 11.9. The highest BCUT2D eigenvalue weighted by molar-refractivity contribution is 9.11. The van der Waals surface area contributed by atoms with Gasteiger partial charge >= 0.3 is 0 Å². The molecule has 0 nitrogen and oxygen atoms in total. The van der Waals surface area contributed by atoms with Gasteiger partial charge in [-0.2, -0.15) is 0 Å². The molecule has 0 atom stereocenters. The Morgan fingerprint density at radius 3 is 0.979 bits per heavy atom. The molecular formula is C46H28Br2. The minimum absolute atomic E-state index is 1.11. The lowest BCUT2D eigenvalue weighted by Crippen LogP contribution is -1.87. The first kappa shape index (κ1) is 29.1. The van der Waals surface area contributed by atoms with Gasteiger partial charge in [0.2, 0.25) is 0 Å². The zero-order chi connectivity index (χ0) is 32.2. The molecule has 0 saturated heterocycles. The van der Waals surface area contributed by atoms with E-state index in [0.29, 0.717) is 0 Å². The molecule has 0 amide bonds. The van der Waals surface area contributed by atoms with Crippen LogP contribution in [0.2, 0.25) is 0 Å². The Morgan fingerprint density at radius 1 is 0.229 bits per heavy atom. The monoisotopic (exact) mass is 738 g/mol. The summed E-state index contributed by atoms with van der Waals surface area (Å²) in [6, 6.07) is 61.8. The maximum atomic E-state index is 4.02. The van der Waals surface area contributed by atoms with E-state index in [9.17, 15) is 0 Å². The van der Waals surface area contributed by atoms with Crippen LogP contribution in [0.15, 0.2) is 179 Å². The fraction of sp³-hybridized carbons (Fsp3) is 0. The molecule has 0 saturated carbocycles. The van der Waals surface area contributed by atoms with Gasteiger partial charge in [0.05, 0.1) is 0 Å². The first-order valence-corrected chi connectivity index (χ1v) is 17.7. The normalized spacial score (nSPS) is 11.5. The molecule has 0 aromatic heterocycles. The Morgan fingerprint density at radius 2 is 0.562 bits per heavy atom. The van der Waals surface area contributed by atoms with Crippen molar-refractivity contribution in [3.63, 3.8) is 0 Å². The highest BCUT2D eigenvalue weighted by Crippen LogP contribution is 2.43. The van der Waals surface area contributed by atoms with Crippen LogP contribution in [-0.4, -0.2) is 0 Å². The zero-order valence-corrected chi connectivity index (χ0v) is 29.1. The van der Waals surface area contributed by atoms with Gasteiger partial charge in [0, 0.05) is 8.95 Å². The van der Waals surface area contributed by atoms with Crippen molar-refractivity contribution in [2.45, 2.75) is 0 Å². The van der Waals surface area contributed by atoms with Gasteiger partial charge in [0.1, 0.15) is 0 Å². The lowest BCUT2D eigenvalue weighted by molar-refractivity contribution is 1.60. The molecule has 0 spiro atoms. The van der Waals surface area contributed by atoms with Gasteiger partial charge in [0.15, 0.2) is 0 Å². The molecule has 0 unspecified atom stereocenters. The lowest BCUT2D eigenvalue weighted by Gasteiger charge is -2.14. The van der Waals surface area contributed by atoms with Crippen molar-refractivity contribution >= 4 is 74.9 Å². The molecular weight excluding hydrogens is 712 g/mol. The highest BCUT2D eigenvalue weighted by atomic mass is 79.9. The third-order valence-corrected chi connectivity index (χ3v) is 11.3. The second-order valence-electron chi connectivity index (χ2n) is 12.4. The predicted octanol–water partition coefficient (Wildman–Crippen LogP) is 14.5. The number of benzene rings is 9. The summed E-state index contributed by atoms with van der Waals surface area (Å²) in [5.74, 6) is 0. The summed E-state index contributed by atoms with van der Waals surface area (Å²) in [6.07, 6.45) is 0. The molecule has 0 heterocycles. The summed E-state index contributed by atoms with van der Waals surface area (Å²) in [7, 11) is 0. The minimum Gasteiger partial charge on any atom is -0.0616 e. The van der Waals surface area contributed by atoms with Crippen LogP contribution in [0, 0.1) is 0 Å². The fourth-order valence-corrected chi connectivity index (χ4v) is 8.33. The van der Waals surface area contributed by atoms with Crippen molar-refractivity contribution in [3.05, 3.63) is 179 Å². The number of fused-ring (bicyclic) bond motifs is 4. The third kappa shape index (κ3) is 5.13. The molecule has 0 fully saturated rings.